The van der Waals surface area contributed by atoms with E-state index in [1.807, 2.05) is 4.90 Å². The standard InChI is InChI=1S/C21H27F3N4O3S/c1-2-3-4-5-6-8-26-9-7-10-27(12-11-26)20-25-19(29)16-13-15(21(22,23)24)14-17(28(30)31)18(16)32-20/h13-14H,2-12H2,1H3. The summed E-state index contributed by atoms with van der Waals surface area (Å²) in [7, 11) is 0. The lowest BCUT2D eigenvalue weighted by Crippen LogP contribution is -2.32. The number of anilines is 1. The van der Waals surface area contributed by atoms with E-state index in [1.54, 1.807) is 0 Å². The predicted octanol–water partition coefficient (Wildman–Crippen LogP) is 5.07. The Morgan fingerprint density at radius 3 is 2.56 bits per heavy atom. The molecule has 11 heteroatoms. The molecule has 2 heterocycles. The van der Waals surface area contributed by atoms with Crippen LogP contribution in [-0.2, 0) is 6.18 Å². The van der Waals surface area contributed by atoms with Gasteiger partial charge in [0.2, 0.25) is 0 Å². The van der Waals surface area contributed by atoms with Gasteiger partial charge in [0.15, 0.2) is 5.13 Å². The van der Waals surface area contributed by atoms with Crippen LogP contribution in [0.3, 0.4) is 0 Å². The van der Waals surface area contributed by atoms with Crippen LogP contribution in [0.1, 0.15) is 51.0 Å². The third-order valence-electron chi connectivity index (χ3n) is 5.65. The number of nitrogens with zero attached hydrogens (tertiary/aromatic N) is 4. The number of alkyl halides is 3. The summed E-state index contributed by atoms with van der Waals surface area (Å²) >= 11 is 0.907. The second-order valence-corrected chi connectivity index (χ2v) is 9.00. The SMILES string of the molecule is CCCCCCCN1CCCN(c2nc(=O)c3cc(C(F)(F)F)cc([N+](=O)[O-])c3s2)CC1. The van der Waals surface area contributed by atoms with Crippen LogP contribution in [0.15, 0.2) is 16.9 Å². The molecule has 1 aliphatic rings. The van der Waals surface area contributed by atoms with Gasteiger partial charge in [-0.3, -0.25) is 14.9 Å². The van der Waals surface area contributed by atoms with Crippen molar-refractivity contribution < 1.29 is 18.1 Å². The monoisotopic (exact) mass is 472 g/mol. The number of aromatic nitrogens is 1. The average molecular weight is 473 g/mol. The fraction of sp³-hybridized carbons (Fsp3) is 0.619. The van der Waals surface area contributed by atoms with Crippen LogP contribution in [-0.4, -0.2) is 47.5 Å². The van der Waals surface area contributed by atoms with Crippen LogP contribution in [0.2, 0.25) is 0 Å². The highest BCUT2D eigenvalue weighted by molar-refractivity contribution is 7.22. The third-order valence-corrected chi connectivity index (χ3v) is 6.82. The Morgan fingerprint density at radius 2 is 1.88 bits per heavy atom. The number of benzene rings is 1. The van der Waals surface area contributed by atoms with E-state index in [-0.39, 0.29) is 10.1 Å². The van der Waals surface area contributed by atoms with Crippen molar-refractivity contribution in [3.63, 3.8) is 0 Å². The molecule has 0 radical (unpaired) electrons. The molecule has 0 aliphatic carbocycles. The number of nitro benzene ring substituents is 1. The van der Waals surface area contributed by atoms with Gasteiger partial charge in [0.25, 0.3) is 11.2 Å². The molecular formula is C21H27F3N4O3S. The van der Waals surface area contributed by atoms with E-state index < -0.39 is 27.9 Å². The number of hydrogen-bond acceptors (Lipinski definition) is 7. The van der Waals surface area contributed by atoms with Gasteiger partial charge in [-0.1, -0.05) is 43.9 Å². The summed E-state index contributed by atoms with van der Waals surface area (Å²) in [6.45, 7) is 6.13. The summed E-state index contributed by atoms with van der Waals surface area (Å²) in [6, 6.07) is 1.14. The van der Waals surface area contributed by atoms with Crippen LogP contribution in [0.4, 0.5) is 24.0 Å². The Hall–Kier alpha value is -2.27. The molecule has 1 fully saturated rings. The van der Waals surface area contributed by atoms with Crippen molar-refractivity contribution in [1.82, 2.24) is 9.88 Å². The largest absolute Gasteiger partial charge is 0.416 e. The lowest BCUT2D eigenvalue weighted by atomic mass is 10.1. The molecule has 1 aromatic heterocycles. The minimum absolute atomic E-state index is 0.0740. The van der Waals surface area contributed by atoms with E-state index in [9.17, 15) is 28.1 Å². The maximum atomic E-state index is 13.1. The second kappa shape index (κ2) is 10.6. The Balaban J connectivity index is 1.81. The van der Waals surface area contributed by atoms with Gasteiger partial charge in [0, 0.05) is 25.7 Å². The van der Waals surface area contributed by atoms with E-state index in [0.717, 1.165) is 43.8 Å². The van der Waals surface area contributed by atoms with Gasteiger partial charge < -0.3 is 9.80 Å². The number of fused-ring (bicyclic) bond motifs is 1. The van der Waals surface area contributed by atoms with Gasteiger partial charge in [0.05, 0.1) is 15.9 Å². The molecule has 176 valence electrons. The van der Waals surface area contributed by atoms with Crippen molar-refractivity contribution >= 4 is 32.2 Å². The Kier molecular flexibility index (Phi) is 8.05. The number of halogens is 3. The molecule has 0 amide bonds. The highest BCUT2D eigenvalue weighted by Gasteiger charge is 2.34. The van der Waals surface area contributed by atoms with Gasteiger partial charge in [-0.15, -0.1) is 0 Å². The summed E-state index contributed by atoms with van der Waals surface area (Å²) in [4.78, 5) is 31.4. The molecule has 1 saturated heterocycles. The molecule has 0 N–H and O–H groups in total. The fourth-order valence-electron chi connectivity index (χ4n) is 3.90. The Labute approximate surface area is 188 Å². The van der Waals surface area contributed by atoms with Crippen molar-refractivity contribution in [2.75, 3.05) is 37.6 Å². The molecule has 1 aliphatic heterocycles. The van der Waals surface area contributed by atoms with Crippen LogP contribution in [0.25, 0.3) is 10.1 Å². The van der Waals surface area contributed by atoms with Gasteiger partial charge in [-0.2, -0.15) is 18.2 Å². The molecule has 0 saturated carbocycles. The molecule has 0 bridgehead atoms. The summed E-state index contributed by atoms with van der Waals surface area (Å²) in [5.74, 6) is 0. The summed E-state index contributed by atoms with van der Waals surface area (Å²) in [5.41, 5.74) is -2.82. The number of unbranched alkanes of at least 4 members (excludes halogenated alkanes) is 4. The van der Waals surface area contributed by atoms with Crippen LogP contribution >= 0.6 is 11.3 Å². The molecule has 3 rings (SSSR count). The van der Waals surface area contributed by atoms with Gasteiger partial charge in [0.1, 0.15) is 4.70 Å². The van der Waals surface area contributed by atoms with E-state index >= 15 is 0 Å². The van der Waals surface area contributed by atoms with Crippen molar-refractivity contribution in [2.45, 2.75) is 51.6 Å². The van der Waals surface area contributed by atoms with Crippen LogP contribution < -0.4 is 10.5 Å². The maximum Gasteiger partial charge on any atom is 0.416 e. The normalized spacial score (nSPS) is 15.8. The molecule has 0 atom stereocenters. The fourth-order valence-corrected chi connectivity index (χ4v) is 5.02. The highest BCUT2D eigenvalue weighted by atomic mass is 32.1. The molecule has 32 heavy (non-hydrogen) atoms. The van der Waals surface area contributed by atoms with Gasteiger partial charge in [-0.25, -0.2) is 0 Å². The van der Waals surface area contributed by atoms with Crippen LogP contribution in [0.5, 0.6) is 0 Å². The first-order valence-electron chi connectivity index (χ1n) is 10.9. The zero-order valence-corrected chi connectivity index (χ0v) is 18.8. The first-order valence-corrected chi connectivity index (χ1v) is 11.7. The van der Waals surface area contributed by atoms with Crippen molar-refractivity contribution in [2.24, 2.45) is 0 Å². The zero-order valence-electron chi connectivity index (χ0n) is 18.0. The van der Waals surface area contributed by atoms with E-state index in [4.69, 9.17) is 0 Å². The second-order valence-electron chi connectivity index (χ2n) is 8.02. The predicted molar refractivity (Wildman–Crippen MR) is 120 cm³/mol. The number of rotatable bonds is 8. The third kappa shape index (κ3) is 5.94. The number of nitro groups is 1. The highest BCUT2D eigenvalue weighted by Crippen LogP contribution is 2.38. The summed E-state index contributed by atoms with van der Waals surface area (Å²) in [6.07, 6.45) is 2.08. The maximum absolute atomic E-state index is 13.1. The quantitative estimate of drug-likeness (QED) is 0.303. The van der Waals surface area contributed by atoms with E-state index in [2.05, 4.69) is 16.8 Å². The summed E-state index contributed by atoms with van der Waals surface area (Å²) in [5, 5.41) is 11.4. The molecule has 0 spiro atoms. The minimum Gasteiger partial charge on any atom is -0.347 e. The summed E-state index contributed by atoms with van der Waals surface area (Å²) < 4.78 is 39.3. The first kappa shape index (κ1) is 24.4. The molecule has 1 aromatic carbocycles. The molecule has 0 unspecified atom stereocenters. The molecule has 7 nitrogen and oxygen atoms in total. The molecular weight excluding hydrogens is 445 g/mol. The van der Waals surface area contributed by atoms with Crippen LogP contribution in [0, 0.1) is 10.1 Å². The van der Waals surface area contributed by atoms with E-state index in [0.29, 0.717) is 30.4 Å². The Morgan fingerprint density at radius 1 is 1.12 bits per heavy atom. The van der Waals surface area contributed by atoms with Crippen molar-refractivity contribution in [3.8, 4) is 0 Å². The smallest absolute Gasteiger partial charge is 0.347 e. The van der Waals surface area contributed by atoms with Crippen molar-refractivity contribution in [3.05, 3.63) is 38.2 Å². The topological polar surface area (TPSA) is 79.6 Å². The number of hydrogen-bond donors (Lipinski definition) is 0. The molecule has 2 aromatic rings. The van der Waals surface area contributed by atoms with Gasteiger partial charge in [-0.05, 0) is 32.0 Å². The Bertz CT molecular complexity index is 1010. The number of non-ortho nitro benzene ring substituents is 1. The average Bonchev–Trinajstić information content (AvgIpc) is 2.98. The first-order chi connectivity index (χ1) is 15.2. The van der Waals surface area contributed by atoms with Crippen molar-refractivity contribution in [1.29, 1.82) is 0 Å². The lowest BCUT2D eigenvalue weighted by Gasteiger charge is -2.22. The van der Waals surface area contributed by atoms with E-state index in [1.165, 1.54) is 25.7 Å². The lowest BCUT2D eigenvalue weighted by molar-refractivity contribution is -0.383. The zero-order chi connectivity index (χ0) is 23.3. The minimum atomic E-state index is -4.79. The van der Waals surface area contributed by atoms with Gasteiger partial charge >= 0.3 is 6.18 Å².